The minimum Gasteiger partial charge on any atom is -0.455 e. The molecule has 31 aromatic rings. The van der Waals surface area contributed by atoms with Crippen molar-refractivity contribution < 1.29 is 8.83 Å². The maximum atomic E-state index is 6.45. The maximum Gasteiger partial charge on any atom is 0.143 e. The Kier molecular flexibility index (Phi) is 17.9. The van der Waals surface area contributed by atoms with Gasteiger partial charge in [0.2, 0.25) is 0 Å². The third-order valence-corrected chi connectivity index (χ3v) is 29.2. The van der Waals surface area contributed by atoms with Gasteiger partial charge in [-0.1, -0.05) is 303 Å². The lowest BCUT2D eigenvalue weighted by atomic mass is 10.00. The first kappa shape index (κ1) is 79.4. The molecule has 9 aromatic heterocycles. The predicted octanol–water partition coefficient (Wildman–Crippen LogP) is 35.5. The summed E-state index contributed by atoms with van der Waals surface area (Å²) in [7, 11) is 0. The van der Waals surface area contributed by atoms with E-state index in [0.717, 1.165) is 100 Å². The Morgan fingerprint density at radius 1 is 0.113 bits per heavy atom. The van der Waals surface area contributed by atoms with E-state index in [1.165, 1.54) is 169 Å². The van der Waals surface area contributed by atoms with Gasteiger partial charge in [0.25, 0.3) is 0 Å². The molecule has 0 spiro atoms. The topological polar surface area (TPSA) is 60.8 Å². The van der Waals surface area contributed by atoms with Crippen molar-refractivity contribution in [2.24, 2.45) is 0 Å². The van der Waals surface area contributed by atoms with Gasteiger partial charge in [0, 0.05) is 148 Å². The predicted molar refractivity (Wildman–Crippen MR) is 591 cm³/mol. The van der Waals surface area contributed by atoms with Gasteiger partial charge in [0.05, 0.1) is 77.2 Å². The minimum atomic E-state index is 0.916. The number of nitrogens with zero attached hydrogens (tertiary/aromatic N) is 7. The summed E-state index contributed by atoms with van der Waals surface area (Å²) >= 11 is 0. The SMILES string of the molecule is c1ccc(-n2c3ccccc3c3cc(-c4ccc5c(c4)c4cc6c7ccccc7n(-c7ccccc7)c6cc4n5-c4ccccc4)ccc32)cc1.c1ccc(-n2c3ccccc3c3cc4c5cc(-c6cccc7c6oc6ccccc67)ccc5n(-c5ccccc5)c4cc32)cc1.c1ccc(-n2c3ccccc3c3cc4c5ccccc5n(-c5ccc(-c6cccc7c6oc6ccccc67)cc5)c4cc32)cc1. The standard InChI is InChI=1S/C48H31N3.2C42H26N2O/c1-4-14-34(15-5-1)49-43-22-12-10-20-37(43)39-28-32(24-26-45(39)49)33-25-27-46-40(29-33)42-30-41-38-21-11-13-23-44(38)50(35-16-6-2-7-17-35)47(41)31-48(42)51(46)36-18-8-3-9-19-36;1-3-12-28(13-4-1)43-37-20-9-7-16-31(37)35-25-36-34-24-27(30-18-11-19-33-32-17-8-10-21-41(32)45-42(30)33)22-23-38(34)44(40(36)26-39(35)43)29-14-5-2-6-15-29;1-2-11-28(12-3-1)43-37-18-7-4-13-31(37)35-25-36-32-14-5-8-19-38(32)44(40(36)26-39(35)43)29-23-21-27(22-24-29)30-16-10-17-34-33-15-6-9-20-41(33)45-42(30)34/h1-31H;2*1-26H. The third kappa shape index (κ3) is 12.5. The van der Waals surface area contributed by atoms with E-state index in [1.54, 1.807) is 0 Å². The van der Waals surface area contributed by atoms with Crippen LogP contribution in [0.1, 0.15) is 0 Å². The van der Waals surface area contributed by atoms with Gasteiger partial charge in [-0.2, -0.15) is 0 Å². The molecule has 0 bridgehead atoms. The molecule has 9 heteroatoms. The maximum absolute atomic E-state index is 6.45. The normalized spacial score (nSPS) is 12.0. The monoisotopic (exact) mass is 1800 g/mol. The first-order valence-electron chi connectivity index (χ1n) is 48.3. The van der Waals surface area contributed by atoms with Crippen molar-refractivity contribution in [2.75, 3.05) is 0 Å². The zero-order valence-electron chi connectivity index (χ0n) is 76.4. The highest BCUT2D eigenvalue weighted by Crippen LogP contribution is 2.49. The molecule has 0 amide bonds. The molecule has 0 aliphatic heterocycles. The van der Waals surface area contributed by atoms with Crippen molar-refractivity contribution in [3.63, 3.8) is 0 Å². The first-order chi connectivity index (χ1) is 70.0. The number of para-hydroxylation sites is 15. The molecule has 0 saturated carbocycles. The largest absolute Gasteiger partial charge is 0.455 e. The number of rotatable bonds is 10. The van der Waals surface area contributed by atoms with Crippen molar-refractivity contribution in [1.82, 2.24) is 32.0 Å². The summed E-state index contributed by atoms with van der Waals surface area (Å²) in [6.45, 7) is 0. The second-order valence-corrected chi connectivity index (χ2v) is 36.9. The van der Waals surface area contributed by atoms with Gasteiger partial charge < -0.3 is 40.8 Å². The molecule has 9 nitrogen and oxygen atoms in total. The van der Waals surface area contributed by atoms with Gasteiger partial charge in [-0.25, -0.2) is 0 Å². The highest BCUT2D eigenvalue weighted by molar-refractivity contribution is 6.24. The lowest BCUT2D eigenvalue weighted by Gasteiger charge is -2.11. The van der Waals surface area contributed by atoms with E-state index < -0.39 is 0 Å². The van der Waals surface area contributed by atoms with E-state index in [1.807, 2.05) is 24.3 Å². The highest BCUT2D eigenvalue weighted by Gasteiger charge is 2.27. The Labute approximate surface area is 808 Å². The summed E-state index contributed by atoms with van der Waals surface area (Å²) in [5.74, 6) is 0. The van der Waals surface area contributed by atoms with Crippen LogP contribution in [0.4, 0.5) is 0 Å². The average molecular weight is 1800 g/mol. The summed E-state index contributed by atoms with van der Waals surface area (Å²) in [6.07, 6.45) is 0. The zero-order chi connectivity index (χ0) is 92.4. The van der Waals surface area contributed by atoms with Gasteiger partial charge in [0.15, 0.2) is 0 Å². The van der Waals surface area contributed by atoms with Crippen molar-refractivity contribution in [1.29, 1.82) is 0 Å². The number of hydrogen-bond donors (Lipinski definition) is 0. The molecule has 0 unspecified atom stereocenters. The van der Waals surface area contributed by atoms with Crippen LogP contribution < -0.4 is 0 Å². The number of furan rings is 2. The van der Waals surface area contributed by atoms with Crippen LogP contribution in [0.3, 0.4) is 0 Å². The number of benzene rings is 22. The summed E-state index contributed by atoms with van der Waals surface area (Å²) in [5.41, 5.74) is 35.5. The average Bonchev–Trinajstić information content (AvgIpc) is 1.46. The molecule has 0 radical (unpaired) electrons. The van der Waals surface area contributed by atoms with Gasteiger partial charge >= 0.3 is 0 Å². The Balaban J connectivity index is 0.000000102. The van der Waals surface area contributed by atoms with E-state index >= 15 is 0 Å². The summed E-state index contributed by atoms with van der Waals surface area (Å²) in [6, 6.07) is 181. The van der Waals surface area contributed by atoms with Crippen LogP contribution in [0.5, 0.6) is 0 Å². The molecule has 31 rings (SSSR count). The highest BCUT2D eigenvalue weighted by atomic mass is 16.3. The lowest BCUT2D eigenvalue weighted by Crippen LogP contribution is -1.95. The number of hydrogen-bond acceptors (Lipinski definition) is 2. The van der Waals surface area contributed by atoms with Crippen LogP contribution in [-0.2, 0) is 0 Å². The van der Waals surface area contributed by atoms with Crippen molar-refractivity contribution in [3.05, 3.63) is 504 Å². The fraction of sp³-hybridized carbons (Fsp3) is 0. The smallest absolute Gasteiger partial charge is 0.143 e. The number of fused-ring (bicyclic) bond motifs is 27. The van der Waals surface area contributed by atoms with Gasteiger partial charge in [-0.3, -0.25) is 0 Å². The van der Waals surface area contributed by atoms with Gasteiger partial charge in [-0.15, -0.1) is 0 Å². The van der Waals surface area contributed by atoms with E-state index in [0.29, 0.717) is 0 Å². The second kappa shape index (κ2) is 31.8. The quantitative estimate of drug-likeness (QED) is 0.137. The molecular formula is C132H83N7O2. The van der Waals surface area contributed by atoms with E-state index in [9.17, 15) is 0 Å². The van der Waals surface area contributed by atoms with Crippen molar-refractivity contribution in [3.8, 4) is 73.2 Å². The molecule has 9 heterocycles. The van der Waals surface area contributed by atoms with Crippen LogP contribution >= 0.6 is 0 Å². The summed E-state index contributed by atoms with van der Waals surface area (Å²) in [4.78, 5) is 0. The summed E-state index contributed by atoms with van der Waals surface area (Å²) < 4.78 is 29.6. The fourth-order valence-electron chi connectivity index (χ4n) is 23.0. The van der Waals surface area contributed by atoms with E-state index in [-0.39, 0.29) is 0 Å². The van der Waals surface area contributed by atoms with Gasteiger partial charge in [0.1, 0.15) is 22.3 Å². The molecule has 141 heavy (non-hydrogen) atoms. The van der Waals surface area contributed by atoms with Crippen LogP contribution in [0.2, 0.25) is 0 Å². The molecule has 0 N–H and O–H groups in total. The minimum absolute atomic E-state index is 0.916. The Hall–Kier alpha value is -19.0. The zero-order valence-corrected chi connectivity index (χ0v) is 76.4. The van der Waals surface area contributed by atoms with Crippen LogP contribution in [0, 0.1) is 0 Å². The molecular weight excluding hydrogens is 1720 g/mol. The van der Waals surface area contributed by atoms with Crippen LogP contribution in [0.15, 0.2) is 512 Å². The lowest BCUT2D eigenvalue weighted by molar-refractivity contribution is 0.669. The molecule has 0 atom stereocenters. The van der Waals surface area contributed by atoms with E-state index in [4.69, 9.17) is 8.83 Å². The fourth-order valence-corrected chi connectivity index (χ4v) is 23.0. The molecule has 0 fully saturated rings. The molecule has 0 aliphatic rings. The third-order valence-electron chi connectivity index (χ3n) is 29.2. The Morgan fingerprint density at radius 3 is 0.631 bits per heavy atom. The van der Waals surface area contributed by atoms with E-state index in [2.05, 4.69) is 511 Å². The molecule has 0 aliphatic carbocycles. The first-order valence-corrected chi connectivity index (χ1v) is 48.3. The van der Waals surface area contributed by atoms with Crippen LogP contribution in [-0.4, -0.2) is 32.0 Å². The van der Waals surface area contributed by atoms with Crippen molar-refractivity contribution >= 4 is 197 Å². The Morgan fingerprint density at radius 2 is 0.319 bits per heavy atom. The van der Waals surface area contributed by atoms with Gasteiger partial charge in [-0.05, 0) is 222 Å². The molecule has 658 valence electrons. The molecule has 0 saturated heterocycles. The second-order valence-electron chi connectivity index (χ2n) is 36.9. The van der Waals surface area contributed by atoms with Crippen LogP contribution in [0.25, 0.3) is 270 Å². The molecule has 22 aromatic carbocycles. The summed E-state index contributed by atoms with van der Waals surface area (Å²) in [5, 5.41) is 22.1. The Bertz CT molecular complexity index is 10500. The van der Waals surface area contributed by atoms with Crippen molar-refractivity contribution in [2.45, 2.75) is 0 Å². The number of aromatic nitrogens is 7.